The van der Waals surface area contributed by atoms with E-state index in [0.717, 1.165) is 35.4 Å². The maximum atomic E-state index is 13.5. The van der Waals surface area contributed by atoms with Gasteiger partial charge in [0.2, 0.25) is 5.88 Å². The molecule has 0 spiro atoms. The lowest BCUT2D eigenvalue weighted by atomic mass is 10.0. The van der Waals surface area contributed by atoms with Crippen molar-refractivity contribution in [2.24, 2.45) is 0 Å². The van der Waals surface area contributed by atoms with E-state index in [-0.39, 0.29) is 17.2 Å². The molecule has 5 rings (SSSR count). The second kappa shape index (κ2) is 8.18. The van der Waals surface area contributed by atoms with E-state index in [1.165, 1.54) is 18.3 Å². The minimum atomic E-state index is -0.605. The Hall–Kier alpha value is -4.14. The van der Waals surface area contributed by atoms with Gasteiger partial charge in [-0.3, -0.25) is 9.78 Å². The Morgan fingerprint density at radius 2 is 1.88 bits per heavy atom. The number of pyridine rings is 2. The molecule has 3 aromatic heterocycles. The molecule has 1 amide bonds. The molecule has 0 saturated heterocycles. The summed E-state index contributed by atoms with van der Waals surface area (Å²) in [5, 5.41) is 7.35. The van der Waals surface area contributed by atoms with Gasteiger partial charge in [0.25, 0.3) is 5.91 Å². The topological polar surface area (TPSA) is 81.9 Å². The number of carbonyl (C=O) groups excluding carboxylic acids is 1. The molecule has 1 N–H and O–H groups in total. The van der Waals surface area contributed by atoms with E-state index < -0.39 is 11.7 Å². The molecule has 4 heterocycles. The van der Waals surface area contributed by atoms with Crippen molar-refractivity contribution in [3.8, 4) is 28.3 Å². The number of benzene rings is 1. The zero-order valence-electron chi connectivity index (χ0n) is 16.8. The molecule has 9 heteroatoms. The summed E-state index contributed by atoms with van der Waals surface area (Å²) in [5.74, 6) is -0.595. The van der Waals surface area contributed by atoms with Gasteiger partial charge >= 0.3 is 0 Å². The van der Waals surface area contributed by atoms with E-state index in [2.05, 4.69) is 20.4 Å². The highest BCUT2D eigenvalue weighted by molar-refractivity contribution is 6.03. The first-order chi connectivity index (χ1) is 15.6. The number of carbonyl (C=O) groups is 1. The number of aryl methyl sites for hydroxylation is 1. The summed E-state index contributed by atoms with van der Waals surface area (Å²) in [7, 11) is 0. The molecular formula is C23H17F2N5O2. The smallest absolute Gasteiger partial charge is 0.258 e. The number of nitrogens with zero attached hydrogens (tertiary/aromatic N) is 4. The minimum absolute atomic E-state index is 0.0791. The first-order valence-electron chi connectivity index (χ1n) is 9.96. The highest BCUT2D eigenvalue weighted by Gasteiger charge is 2.25. The number of halogens is 2. The van der Waals surface area contributed by atoms with Crippen LogP contribution in [0, 0.1) is 11.6 Å². The average Bonchev–Trinajstić information content (AvgIpc) is 3.19. The third kappa shape index (κ3) is 3.80. The standard InChI is InChI=1S/C23H17F2N5O2/c24-17-4-2-14(3-5-17)21-20(23-30(29-21)8-1-9-32-23)15-6-7-27-19(11-15)28-22(31)16-10-18(25)13-26-12-16/h2-7,10-13H,1,8-9H2,(H,27,28,31). The number of amides is 1. The SMILES string of the molecule is O=C(Nc1cc(-c2c(-c3ccc(F)cc3)nn3c2OCCC3)ccn1)c1cncc(F)c1. The van der Waals surface area contributed by atoms with Crippen molar-refractivity contribution in [3.63, 3.8) is 0 Å². The van der Waals surface area contributed by atoms with Crippen LogP contribution in [-0.4, -0.2) is 32.3 Å². The molecule has 4 aromatic rings. The van der Waals surface area contributed by atoms with E-state index in [1.807, 2.05) is 0 Å². The van der Waals surface area contributed by atoms with Gasteiger partial charge in [-0.15, -0.1) is 0 Å². The monoisotopic (exact) mass is 433 g/mol. The zero-order valence-corrected chi connectivity index (χ0v) is 16.8. The molecule has 7 nitrogen and oxygen atoms in total. The first kappa shape index (κ1) is 19.8. The van der Waals surface area contributed by atoms with Crippen LogP contribution in [0.3, 0.4) is 0 Å². The molecule has 0 atom stereocenters. The number of fused-ring (bicyclic) bond motifs is 1. The fourth-order valence-electron chi connectivity index (χ4n) is 3.58. The molecular weight excluding hydrogens is 416 g/mol. The zero-order chi connectivity index (χ0) is 22.1. The van der Waals surface area contributed by atoms with Gasteiger partial charge in [-0.1, -0.05) is 0 Å². The van der Waals surface area contributed by atoms with Gasteiger partial charge in [0.05, 0.1) is 23.9 Å². The number of rotatable bonds is 4. The molecule has 0 fully saturated rings. The fourth-order valence-corrected chi connectivity index (χ4v) is 3.58. The summed E-state index contributed by atoms with van der Waals surface area (Å²) in [6.07, 6.45) is 4.68. The van der Waals surface area contributed by atoms with Crippen LogP contribution >= 0.6 is 0 Å². The van der Waals surface area contributed by atoms with E-state index >= 15 is 0 Å². The van der Waals surface area contributed by atoms with Crippen molar-refractivity contribution in [3.05, 3.63) is 78.3 Å². The summed E-state index contributed by atoms with van der Waals surface area (Å²) in [5.41, 5.74) is 2.90. The number of anilines is 1. The number of aromatic nitrogens is 4. The number of ether oxygens (including phenoxy) is 1. The maximum Gasteiger partial charge on any atom is 0.258 e. The lowest BCUT2D eigenvalue weighted by Gasteiger charge is -2.16. The van der Waals surface area contributed by atoms with Crippen molar-refractivity contribution < 1.29 is 18.3 Å². The molecule has 160 valence electrons. The van der Waals surface area contributed by atoms with Crippen molar-refractivity contribution >= 4 is 11.7 Å². The Labute approximate surface area is 181 Å². The van der Waals surface area contributed by atoms with Crippen LogP contribution in [0.1, 0.15) is 16.8 Å². The molecule has 0 aliphatic carbocycles. The predicted octanol–water partition coefficient (Wildman–Crippen LogP) is 4.32. The van der Waals surface area contributed by atoms with E-state index in [9.17, 15) is 13.6 Å². The van der Waals surface area contributed by atoms with Gasteiger partial charge in [0.15, 0.2) is 0 Å². The van der Waals surface area contributed by atoms with Crippen LogP contribution < -0.4 is 10.1 Å². The largest absolute Gasteiger partial charge is 0.477 e. The highest BCUT2D eigenvalue weighted by Crippen LogP contribution is 2.41. The fraction of sp³-hybridized carbons (Fsp3) is 0.130. The first-order valence-corrected chi connectivity index (χ1v) is 9.96. The van der Waals surface area contributed by atoms with Crippen molar-refractivity contribution in [2.75, 3.05) is 11.9 Å². The molecule has 1 aliphatic heterocycles. The number of nitrogens with one attached hydrogen (secondary N) is 1. The van der Waals surface area contributed by atoms with E-state index in [0.29, 0.717) is 24.7 Å². The quantitative estimate of drug-likeness (QED) is 0.518. The molecule has 0 saturated carbocycles. The minimum Gasteiger partial charge on any atom is -0.477 e. The Balaban J connectivity index is 1.54. The summed E-state index contributed by atoms with van der Waals surface area (Å²) in [6, 6.07) is 10.6. The summed E-state index contributed by atoms with van der Waals surface area (Å²) in [6.45, 7) is 1.26. The van der Waals surface area contributed by atoms with Crippen molar-refractivity contribution in [2.45, 2.75) is 13.0 Å². The Kier molecular flexibility index (Phi) is 5.06. The van der Waals surface area contributed by atoms with Crippen LogP contribution in [0.5, 0.6) is 5.88 Å². The third-order valence-corrected chi connectivity index (χ3v) is 5.03. The summed E-state index contributed by atoms with van der Waals surface area (Å²) in [4.78, 5) is 20.4. The lowest BCUT2D eigenvalue weighted by Crippen LogP contribution is -2.15. The van der Waals surface area contributed by atoms with Crippen LogP contribution in [0.4, 0.5) is 14.6 Å². The molecule has 32 heavy (non-hydrogen) atoms. The predicted molar refractivity (Wildman–Crippen MR) is 113 cm³/mol. The van der Waals surface area contributed by atoms with Gasteiger partial charge in [-0.25, -0.2) is 18.4 Å². The van der Waals surface area contributed by atoms with Crippen LogP contribution in [0.2, 0.25) is 0 Å². The third-order valence-electron chi connectivity index (χ3n) is 5.03. The van der Waals surface area contributed by atoms with Gasteiger partial charge in [0, 0.05) is 30.9 Å². The lowest BCUT2D eigenvalue weighted by molar-refractivity contribution is 0.102. The normalized spacial score (nSPS) is 12.7. The van der Waals surface area contributed by atoms with Crippen LogP contribution in [0.25, 0.3) is 22.4 Å². The van der Waals surface area contributed by atoms with Crippen LogP contribution in [0.15, 0.2) is 61.1 Å². The Morgan fingerprint density at radius 1 is 1.03 bits per heavy atom. The van der Waals surface area contributed by atoms with Gasteiger partial charge in [0.1, 0.15) is 23.1 Å². The molecule has 0 radical (unpaired) electrons. The highest BCUT2D eigenvalue weighted by atomic mass is 19.1. The van der Waals surface area contributed by atoms with E-state index in [1.54, 1.807) is 35.1 Å². The second-order valence-corrected chi connectivity index (χ2v) is 7.24. The number of hydrogen-bond acceptors (Lipinski definition) is 5. The van der Waals surface area contributed by atoms with Crippen LogP contribution in [-0.2, 0) is 6.54 Å². The van der Waals surface area contributed by atoms with Crippen molar-refractivity contribution in [1.29, 1.82) is 0 Å². The molecule has 0 bridgehead atoms. The summed E-state index contributed by atoms with van der Waals surface area (Å²) >= 11 is 0. The average molecular weight is 433 g/mol. The van der Waals surface area contributed by atoms with E-state index in [4.69, 9.17) is 4.74 Å². The van der Waals surface area contributed by atoms with Gasteiger partial charge in [-0.2, -0.15) is 5.10 Å². The van der Waals surface area contributed by atoms with Gasteiger partial charge in [-0.05, 0) is 48.0 Å². The second-order valence-electron chi connectivity index (χ2n) is 7.24. The molecule has 1 aliphatic rings. The van der Waals surface area contributed by atoms with Gasteiger partial charge < -0.3 is 10.1 Å². The number of hydrogen-bond donors (Lipinski definition) is 1. The molecule has 1 aromatic carbocycles. The Morgan fingerprint density at radius 3 is 2.69 bits per heavy atom. The Bertz CT molecular complexity index is 1300. The summed E-state index contributed by atoms with van der Waals surface area (Å²) < 4.78 is 34.6. The molecule has 0 unspecified atom stereocenters. The van der Waals surface area contributed by atoms with Crippen molar-refractivity contribution in [1.82, 2.24) is 19.7 Å². The maximum absolute atomic E-state index is 13.5.